The molecule has 3 rings (SSSR count). The van der Waals surface area contributed by atoms with Crippen molar-refractivity contribution in [2.45, 2.75) is 33.2 Å². The predicted molar refractivity (Wildman–Crippen MR) is 85.1 cm³/mol. The molecule has 6 heteroatoms. The second-order valence-electron chi connectivity index (χ2n) is 6.09. The molecular weight excluding hydrogens is 296 g/mol. The van der Waals surface area contributed by atoms with Crippen molar-refractivity contribution in [3.63, 3.8) is 0 Å². The first-order chi connectivity index (χ1) is 11.1. The summed E-state index contributed by atoms with van der Waals surface area (Å²) in [5, 5.41) is 0. The van der Waals surface area contributed by atoms with Gasteiger partial charge in [0.1, 0.15) is 12.2 Å². The van der Waals surface area contributed by atoms with Gasteiger partial charge in [-0.2, -0.15) is 0 Å². The summed E-state index contributed by atoms with van der Waals surface area (Å²) in [6.45, 7) is 5.91. The van der Waals surface area contributed by atoms with Crippen LogP contribution < -0.4 is 0 Å². The van der Waals surface area contributed by atoms with E-state index < -0.39 is 5.97 Å². The molecule has 124 valence electrons. The Morgan fingerprint density at radius 1 is 1.43 bits per heavy atom. The number of carbonyl (C=O) groups excluding carboxylic acids is 2. The lowest BCUT2D eigenvalue weighted by atomic mass is 10.0. The lowest BCUT2D eigenvalue weighted by Gasteiger charge is -2.31. The van der Waals surface area contributed by atoms with E-state index in [9.17, 15) is 9.59 Å². The number of nitrogens with zero attached hydrogens (tertiary/aromatic N) is 2. The summed E-state index contributed by atoms with van der Waals surface area (Å²) in [5.41, 5.74) is 1.69. The third-order valence-electron chi connectivity index (χ3n) is 4.31. The lowest BCUT2D eigenvalue weighted by molar-refractivity contribution is -0.133. The molecule has 0 bridgehead atoms. The van der Waals surface area contributed by atoms with Crippen molar-refractivity contribution in [2.75, 3.05) is 19.7 Å². The Morgan fingerprint density at radius 2 is 2.26 bits per heavy atom. The molecular formula is C17H22N2O4. The van der Waals surface area contributed by atoms with Gasteiger partial charge in [0.2, 0.25) is 5.91 Å². The third-order valence-corrected chi connectivity index (χ3v) is 4.31. The van der Waals surface area contributed by atoms with Crippen molar-refractivity contribution in [3.05, 3.63) is 24.1 Å². The van der Waals surface area contributed by atoms with Crippen LogP contribution >= 0.6 is 0 Å². The summed E-state index contributed by atoms with van der Waals surface area (Å²) in [6.07, 6.45) is 3.75. The molecule has 3 heterocycles. The molecule has 6 nitrogen and oxygen atoms in total. The highest BCUT2D eigenvalue weighted by atomic mass is 16.5. The molecule has 1 aliphatic rings. The Kier molecular flexibility index (Phi) is 4.41. The van der Waals surface area contributed by atoms with Gasteiger partial charge in [-0.3, -0.25) is 4.79 Å². The number of aromatic nitrogens is 1. The maximum atomic E-state index is 12.6. The van der Waals surface area contributed by atoms with Crippen molar-refractivity contribution in [2.24, 2.45) is 5.92 Å². The van der Waals surface area contributed by atoms with Crippen LogP contribution in [0.1, 0.15) is 37.2 Å². The first kappa shape index (κ1) is 15.6. The van der Waals surface area contributed by atoms with Crippen molar-refractivity contribution in [1.82, 2.24) is 9.47 Å². The number of fused-ring (bicyclic) bond motifs is 1. The van der Waals surface area contributed by atoms with Gasteiger partial charge in [0, 0.05) is 25.2 Å². The normalized spacial score (nSPS) is 18.3. The number of carbonyl (C=O) groups is 2. The molecule has 1 aliphatic heterocycles. The molecule has 0 N–H and O–H groups in total. The van der Waals surface area contributed by atoms with Crippen LogP contribution in [0.3, 0.4) is 0 Å². The average Bonchev–Trinajstić information content (AvgIpc) is 3.10. The van der Waals surface area contributed by atoms with Crippen LogP contribution in [0.2, 0.25) is 0 Å². The van der Waals surface area contributed by atoms with E-state index in [1.165, 1.54) is 0 Å². The van der Waals surface area contributed by atoms with E-state index in [0.29, 0.717) is 23.8 Å². The zero-order valence-electron chi connectivity index (χ0n) is 13.6. The highest BCUT2D eigenvalue weighted by molar-refractivity contribution is 5.95. The standard InChI is InChI=1S/C17H22N2O4/c1-3-22-17(21)14-9-15-13(6-8-23-15)19(14)11-16(20)18-7-4-5-12(2)10-18/h6,8-9,12H,3-5,7,10-11H2,1-2H3. The number of hydrogen-bond acceptors (Lipinski definition) is 4. The maximum Gasteiger partial charge on any atom is 0.355 e. The Bertz CT molecular complexity index is 715. The summed E-state index contributed by atoms with van der Waals surface area (Å²) in [5.74, 6) is 0.121. The molecule has 1 atom stereocenters. The Labute approximate surface area is 135 Å². The summed E-state index contributed by atoms with van der Waals surface area (Å²) in [6, 6.07) is 3.41. The van der Waals surface area contributed by atoms with Gasteiger partial charge in [0.25, 0.3) is 0 Å². The second-order valence-corrected chi connectivity index (χ2v) is 6.09. The van der Waals surface area contributed by atoms with E-state index in [1.807, 2.05) is 4.90 Å². The summed E-state index contributed by atoms with van der Waals surface area (Å²) < 4.78 is 12.1. The second kappa shape index (κ2) is 6.48. The van der Waals surface area contributed by atoms with Crippen LogP contribution in [-0.4, -0.2) is 41.0 Å². The minimum absolute atomic E-state index is 0.0285. The third kappa shape index (κ3) is 3.11. The van der Waals surface area contributed by atoms with E-state index in [4.69, 9.17) is 9.15 Å². The van der Waals surface area contributed by atoms with Gasteiger partial charge in [0.15, 0.2) is 5.58 Å². The number of likely N-dealkylation sites (tertiary alicyclic amines) is 1. The smallest absolute Gasteiger partial charge is 0.355 e. The van der Waals surface area contributed by atoms with Crippen LogP contribution in [0.5, 0.6) is 0 Å². The van der Waals surface area contributed by atoms with Gasteiger partial charge in [0.05, 0.1) is 18.4 Å². The van der Waals surface area contributed by atoms with Gasteiger partial charge in [-0.05, 0) is 25.7 Å². The summed E-state index contributed by atoms with van der Waals surface area (Å²) >= 11 is 0. The molecule has 0 radical (unpaired) electrons. The largest absolute Gasteiger partial charge is 0.463 e. The first-order valence-electron chi connectivity index (χ1n) is 8.11. The molecule has 0 spiro atoms. The molecule has 1 unspecified atom stereocenters. The van der Waals surface area contributed by atoms with Crippen molar-refractivity contribution in [1.29, 1.82) is 0 Å². The Morgan fingerprint density at radius 3 is 3.00 bits per heavy atom. The quantitative estimate of drug-likeness (QED) is 0.813. The van der Waals surface area contributed by atoms with Crippen LogP contribution in [0.15, 0.2) is 22.8 Å². The minimum atomic E-state index is -0.432. The lowest BCUT2D eigenvalue weighted by Crippen LogP contribution is -2.41. The fourth-order valence-corrected chi connectivity index (χ4v) is 3.17. The monoisotopic (exact) mass is 318 g/mol. The minimum Gasteiger partial charge on any atom is -0.463 e. The van der Waals surface area contributed by atoms with Gasteiger partial charge < -0.3 is 18.6 Å². The van der Waals surface area contributed by atoms with Gasteiger partial charge in [-0.25, -0.2) is 4.79 Å². The molecule has 1 amide bonds. The molecule has 2 aromatic heterocycles. The molecule has 23 heavy (non-hydrogen) atoms. The fraction of sp³-hybridized carbons (Fsp3) is 0.529. The van der Waals surface area contributed by atoms with Crippen LogP contribution in [-0.2, 0) is 16.1 Å². The number of rotatable bonds is 4. The topological polar surface area (TPSA) is 64.7 Å². The van der Waals surface area contributed by atoms with E-state index in [1.54, 1.807) is 29.9 Å². The summed E-state index contributed by atoms with van der Waals surface area (Å²) in [7, 11) is 0. The summed E-state index contributed by atoms with van der Waals surface area (Å²) in [4.78, 5) is 26.6. The van der Waals surface area contributed by atoms with Gasteiger partial charge in [-0.15, -0.1) is 0 Å². The van der Waals surface area contributed by atoms with E-state index in [-0.39, 0.29) is 12.5 Å². The number of esters is 1. The highest BCUT2D eigenvalue weighted by Crippen LogP contribution is 2.23. The fourth-order valence-electron chi connectivity index (χ4n) is 3.17. The Hall–Kier alpha value is -2.24. The molecule has 0 saturated carbocycles. The number of furan rings is 1. The molecule has 1 saturated heterocycles. The van der Waals surface area contributed by atoms with Crippen LogP contribution in [0.25, 0.3) is 11.1 Å². The number of amides is 1. The zero-order valence-corrected chi connectivity index (χ0v) is 13.6. The molecule has 2 aromatic rings. The van der Waals surface area contributed by atoms with Crippen molar-refractivity contribution < 1.29 is 18.7 Å². The first-order valence-corrected chi connectivity index (χ1v) is 8.11. The predicted octanol–water partition coefficient (Wildman–Crippen LogP) is 2.67. The average molecular weight is 318 g/mol. The van der Waals surface area contributed by atoms with Gasteiger partial charge >= 0.3 is 5.97 Å². The van der Waals surface area contributed by atoms with Crippen LogP contribution in [0, 0.1) is 5.92 Å². The van der Waals surface area contributed by atoms with E-state index in [2.05, 4.69) is 6.92 Å². The van der Waals surface area contributed by atoms with E-state index >= 15 is 0 Å². The highest BCUT2D eigenvalue weighted by Gasteiger charge is 2.25. The SMILES string of the molecule is CCOC(=O)c1cc2occc2n1CC(=O)N1CCCC(C)C1. The molecule has 0 aliphatic carbocycles. The zero-order chi connectivity index (χ0) is 16.4. The molecule has 0 aromatic carbocycles. The van der Waals surface area contributed by atoms with Gasteiger partial charge in [-0.1, -0.05) is 6.92 Å². The number of ether oxygens (including phenoxy) is 1. The van der Waals surface area contributed by atoms with E-state index in [0.717, 1.165) is 31.4 Å². The van der Waals surface area contributed by atoms with Crippen LogP contribution in [0.4, 0.5) is 0 Å². The van der Waals surface area contributed by atoms with Crippen molar-refractivity contribution >= 4 is 23.0 Å². The number of piperidine rings is 1. The molecule has 1 fully saturated rings. The number of hydrogen-bond donors (Lipinski definition) is 0. The maximum absolute atomic E-state index is 12.6. The Balaban J connectivity index is 1.85. The van der Waals surface area contributed by atoms with Crippen molar-refractivity contribution in [3.8, 4) is 0 Å².